The van der Waals surface area contributed by atoms with Crippen molar-refractivity contribution in [2.45, 2.75) is 37.4 Å². The largest absolute Gasteiger partial charge is 0.468 e. The molecule has 1 fully saturated rings. The van der Waals surface area contributed by atoms with E-state index in [1.165, 1.54) is 30.6 Å². The zero-order chi connectivity index (χ0) is 13.4. The van der Waals surface area contributed by atoms with Crippen LogP contribution < -0.4 is 0 Å². The van der Waals surface area contributed by atoms with E-state index in [9.17, 15) is 9.59 Å². The van der Waals surface area contributed by atoms with Crippen LogP contribution in [0.15, 0.2) is 0 Å². The number of hydrogen-bond donors (Lipinski definition) is 0. The number of methoxy groups -OCH3 is 1. The number of likely N-dealkylation sites (N-methyl/N-ethyl adjacent to an activating group) is 1. The Balaban J connectivity index is 2.06. The summed E-state index contributed by atoms with van der Waals surface area (Å²) in [4.78, 5) is 24.1. The lowest BCUT2D eigenvalue weighted by Gasteiger charge is -2.15. The molecule has 1 unspecified atom stereocenters. The smallest absolute Gasteiger partial charge is 0.325 e. The Morgan fingerprint density at radius 1 is 1.39 bits per heavy atom. The standard InChI is InChI=1S/C12H21NO3S2/c1-13(9-12(15)16-2)11(14)6-4-3-5-10-7-8-17-18-10/h10H,3-9H2,1-2H3. The average molecular weight is 291 g/mol. The van der Waals surface area contributed by atoms with Gasteiger partial charge in [-0.3, -0.25) is 9.59 Å². The molecule has 1 aliphatic rings. The van der Waals surface area contributed by atoms with Crippen molar-refractivity contribution >= 4 is 33.5 Å². The lowest BCUT2D eigenvalue weighted by molar-refractivity contribution is -0.146. The number of hydrogen-bond acceptors (Lipinski definition) is 5. The van der Waals surface area contributed by atoms with Gasteiger partial charge in [-0.15, -0.1) is 0 Å². The number of carbonyl (C=O) groups is 2. The van der Waals surface area contributed by atoms with Gasteiger partial charge in [0.05, 0.1) is 7.11 Å². The van der Waals surface area contributed by atoms with Crippen LogP contribution in [0.1, 0.15) is 32.1 Å². The molecule has 1 heterocycles. The van der Waals surface area contributed by atoms with E-state index in [1.54, 1.807) is 7.05 Å². The molecule has 1 atom stereocenters. The number of unbranched alkanes of at least 4 members (excludes halogenated alkanes) is 1. The van der Waals surface area contributed by atoms with Gasteiger partial charge < -0.3 is 9.64 Å². The molecule has 0 radical (unpaired) electrons. The summed E-state index contributed by atoms with van der Waals surface area (Å²) in [5, 5.41) is 0.776. The van der Waals surface area contributed by atoms with Crippen LogP contribution in [0.5, 0.6) is 0 Å². The summed E-state index contributed by atoms with van der Waals surface area (Å²) >= 11 is 0. The SMILES string of the molecule is COC(=O)CN(C)C(=O)CCCCC1CCSS1. The summed E-state index contributed by atoms with van der Waals surface area (Å²) in [5.41, 5.74) is 0. The van der Waals surface area contributed by atoms with E-state index in [-0.39, 0.29) is 18.4 Å². The molecule has 6 heteroatoms. The van der Waals surface area contributed by atoms with Crippen LogP contribution in [0, 0.1) is 0 Å². The van der Waals surface area contributed by atoms with E-state index >= 15 is 0 Å². The topological polar surface area (TPSA) is 46.6 Å². The minimum Gasteiger partial charge on any atom is -0.468 e. The summed E-state index contributed by atoms with van der Waals surface area (Å²) in [6, 6.07) is 0. The highest BCUT2D eigenvalue weighted by atomic mass is 33.1. The number of ether oxygens (including phenoxy) is 1. The zero-order valence-corrected chi connectivity index (χ0v) is 12.6. The van der Waals surface area contributed by atoms with Crippen molar-refractivity contribution in [1.82, 2.24) is 4.90 Å². The van der Waals surface area contributed by atoms with Gasteiger partial charge in [0.15, 0.2) is 0 Å². The molecule has 4 nitrogen and oxygen atoms in total. The summed E-state index contributed by atoms with van der Waals surface area (Å²) in [6.07, 6.45) is 5.03. The minimum atomic E-state index is -0.370. The van der Waals surface area contributed by atoms with Crippen LogP contribution in [-0.2, 0) is 14.3 Å². The van der Waals surface area contributed by atoms with Crippen LogP contribution in [0.3, 0.4) is 0 Å². The zero-order valence-electron chi connectivity index (χ0n) is 11.0. The van der Waals surface area contributed by atoms with Gasteiger partial charge in [-0.05, 0) is 19.3 Å². The van der Waals surface area contributed by atoms with Crippen molar-refractivity contribution in [2.75, 3.05) is 26.5 Å². The fourth-order valence-electron chi connectivity index (χ4n) is 1.75. The second-order valence-corrected chi connectivity index (χ2v) is 7.19. The third-order valence-corrected chi connectivity index (χ3v) is 5.92. The highest BCUT2D eigenvalue weighted by Gasteiger charge is 2.16. The predicted octanol–water partition coefficient (Wildman–Crippen LogP) is 2.33. The van der Waals surface area contributed by atoms with Gasteiger partial charge in [-0.25, -0.2) is 0 Å². The van der Waals surface area contributed by atoms with Crippen molar-refractivity contribution in [3.05, 3.63) is 0 Å². The third kappa shape index (κ3) is 6.00. The lowest BCUT2D eigenvalue weighted by atomic mass is 10.1. The molecule has 0 aromatic heterocycles. The monoisotopic (exact) mass is 291 g/mol. The van der Waals surface area contributed by atoms with E-state index in [0.29, 0.717) is 6.42 Å². The van der Waals surface area contributed by atoms with Crippen LogP contribution >= 0.6 is 21.6 Å². The first-order valence-corrected chi connectivity index (χ1v) is 8.60. The number of nitrogens with zero attached hydrogens (tertiary/aromatic N) is 1. The Bertz CT molecular complexity index is 280. The molecule has 104 valence electrons. The van der Waals surface area contributed by atoms with Crippen molar-refractivity contribution in [3.8, 4) is 0 Å². The van der Waals surface area contributed by atoms with Crippen LogP contribution in [0.4, 0.5) is 0 Å². The maximum Gasteiger partial charge on any atom is 0.325 e. The molecule has 1 aliphatic heterocycles. The van der Waals surface area contributed by atoms with Gasteiger partial charge in [0.2, 0.25) is 5.91 Å². The van der Waals surface area contributed by atoms with E-state index in [2.05, 4.69) is 4.74 Å². The Labute approximate surface area is 117 Å². The van der Waals surface area contributed by atoms with Crippen molar-refractivity contribution in [3.63, 3.8) is 0 Å². The fraction of sp³-hybridized carbons (Fsp3) is 0.833. The van der Waals surface area contributed by atoms with E-state index in [4.69, 9.17) is 0 Å². The summed E-state index contributed by atoms with van der Waals surface area (Å²) < 4.78 is 4.53. The number of rotatable bonds is 7. The van der Waals surface area contributed by atoms with Gasteiger partial charge in [0, 0.05) is 24.5 Å². The number of esters is 1. The molecule has 0 bridgehead atoms. The first kappa shape index (κ1) is 15.7. The molecule has 1 saturated heterocycles. The average Bonchev–Trinajstić information content (AvgIpc) is 2.87. The van der Waals surface area contributed by atoms with E-state index in [1.807, 2.05) is 21.6 Å². The summed E-state index contributed by atoms with van der Waals surface area (Å²) in [7, 11) is 6.90. The van der Waals surface area contributed by atoms with Gasteiger partial charge >= 0.3 is 5.97 Å². The Kier molecular flexibility index (Phi) is 7.58. The summed E-state index contributed by atoms with van der Waals surface area (Å²) in [6.45, 7) is 0.0461. The molecule has 18 heavy (non-hydrogen) atoms. The lowest BCUT2D eigenvalue weighted by Crippen LogP contribution is -2.32. The predicted molar refractivity (Wildman–Crippen MR) is 76.6 cm³/mol. The van der Waals surface area contributed by atoms with Crippen LogP contribution in [-0.4, -0.2) is 48.5 Å². The maximum atomic E-state index is 11.7. The van der Waals surface area contributed by atoms with Crippen molar-refractivity contribution < 1.29 is 14.3 Å². The van der Waals surface area contributed by atoms with Crippen molar-refractivity contribution in [1.29, 1.82) is 0 Å². The van der Waals surface area contributed by atoms with E-state index < -0.39 is 0 Å². The molecule has 0 aromatic carbocycles. The molecular formula is C12H21NO3S2. The molecule has 0 aromatic rings. The fourth-order valence-corrected chi connectivity index (χ4v) is 4.78. The second kappa shape index (κ2) is 8.69. The van der Waals surface area contributed by atoms with Gasteiger partial charge in [0.1, 0.15) is 6.54 Å². The van der Waals surface area contributed by atoms with Crippen molar-refractivity contribution in [2.24, 2.45) is 0 Å². The first-order chi connectivity index (χ1) is 8.63. The molecule has 0 spiro atoms. The Morgan fingerprint density at radius 3 is 2.78 bits per heavy atom. The Morgan fingerprint density at radius 2 is 2.17 bits per heavy atom. The molecule has 0 aliphatic carbocycles. The first-order valence-electron chi connectivity index (χ1n) is 6.22. The maximum absolute atomic E-state index is 11.7. The van der Waals surface area contributed by atoms with E-state index in [0.717, 1.165) is 18.1 Å². The van der Waals surface area contributed by atoms with Gasteiger partial charge in [0.25, 0.3) is 0 Å². The van der Waals surface area contributed by atoms with Crippen LogP contribution in [0.25, 0.3) is 0 Å². The molecule has 0 N–H and O–H groups in total. The highest BCUT2D eigenvalue weighted by molar-refractivity contribution is 8.77. The molecule has 0 saturated carbocycles. The quantitative estimate of drug-likeness (QED) is 0.409. The normalized spacial score (nSPS) is 18.7. The number of amides is 1. The van der Waals surface area contributed by atoms with Crippen LogP contribution in [0.2, 0.25) is 0 Å². The minimum absolute atomic E-state index is 0.0221. The molecule has 1 amide bonds. The second-order valence-electron chi connectivity index (χ2n) is 4.40. The summed E-state index contributed by atoms with van der Waals surface area (Å²) in [5.74, 6) is 0.912. The molecule has 1 rings (SSSR count). The molecular weight excluding hydrogens is 270 g/mol. The Hall–Kier alpha value is -0.360. The third-order valence-electron chi connectivity index (χ3n) is 2.91. The van der Waals surface area contributed by atoms with Gasteiger partial charge in [-0.2, -0.15) is 0 Å². The highest BCUT2D eigenvalue weighted by Crippen LogP contribution is 2.39. The van der Waals surface area contributed by atoms with Gasteiger partial charge in [-0.1, -0.05) is 28.0 Å². The number of carbonyl (C=O) groups excluding carboxylic acids is 2.